The molecule has 0 aromatic carbocycles. The zero-order valence-electron chi connectivity index (χ0n) is 8.37. The van der Waals surface area contributed by atoms with Gasteiger partial charge in [0.1, 0.15) is 0 Å². The lowest BCUT2D eigenvalue weighted by Gasteiger charge is -2.30. The third kappa shape index (κ3) is 2.57. The summed E-state index contributed by atoms with van der Waals surface area (Å²) in [5, 5.41) is 0. The van der Waals surface area contributed by atoms with Gasteiger partial charge in [-0.2, -0.15) is 0 Å². The van der Waals surface area contributed by atoms with Crippen LogP contribution in [-0.4, -0.2) is 27.9 Å². The first-order valence-corrected chi connectivity index (χ1v) is 6.64. The molecule has 14 heavy (non-hydrogen) atoms. The van der Waals surface area contributed by atoms with Gasteiger partial charge in [0.2, 0.25) is 0 Å². The highest BCUT2D eigenvalue weighted by molar-refractivity contribution is 7.82. The summed E-state index contributed by atoms with van der Waals surface area (Å²) in [6.45, 7) is 1.07. The van der Waals surface area contributed by atoms with Crippen molar-refractivity contribution in [1.29, 1.82) is 0 Å². The Morgan fingerprint density at radius 2 is 1.79 bits per heavy atom. The summed E-state index contributed by atoms with van der Waals surface area (Å²) in [6, 6.07) is 0. The van der Waals surface area contributed by atoms with Gasteiger partial charge in [0.25, 0.3) is 0 Å². The van der Waals surface area contributed by atoms with Crippen LogP contribution in [-0.2, 0) is 11.0 Å². The van der Waals surface area contributed by atoms with Crippen molar-refractivity contribution in [3.8, 4) is 0 Å². The van der Waals surface area contributed by atoms with Crippen molar-refractivity contribution in [2.75, 3.05) is 19.3 Å². The summed E-state index contributed by atoms with van der Waals surface area (Å²) >= 11 is 0. The minimum atomic E-state index is -0.686. The van der Waals surface area contributed by atoms with Crippen molar-refractivity contribution in [3.63, 3.8) is 0 Å². The Morgan fingerprint density at radius 3 is 2.50 bits per heavy atom. The topological polar surface area (TPSA) is 20.3 Å². The van der Waals surface area contributed by atoms with Crippen LogP contribution in [0.3, 0.4) is 0 Å². The van der Waals surface area contributed by atoms with E-state index >= 15 is 0 Å². The van der Waals surface area contributed by atoms with Crippen molar-refractivity contribution in [2.45, 2.75) is 39.5 Å². The van der Waals surface area contributed by atoms with Gasteiger partial charge in [-0.15, -0.1) is 0 Å². The first kappa shape index (κ1) is 12.2. The van der Waals surface area contributed by atoms with Crippen LogP contribution >= 0.6 is 0 Å². The fourth-order valence-electron chi connectivity index (χ4n) is 2.73. The van der Waals surface area contributed by atoms with Gasteiger partial charge < -0.3 is 0 Å². The molecule has 0 bridgehead atoms. The van der Waals surface area contributed by atoms with E-state index in [0.717, 1.165) is 24.1 Å². The molecule has 0 spiro atoms. The zero-order valence-corrected chi connectivity index (χ0v) is 9.18. The second kappa shape index (κ2) is 5.26. The Labute approximate surface area is 90.7 Å². The molecule has 0 aromatic rings. The van der Waals surface area contributed by atoms with Gasteiger partial charge in [-0.3, -0.25) is 0 Å². The molecular formula is C11H23NOS. The number of fused-ring (bicyclic) bond motifs is 1. The molecule has 2 rings (SSSR count). The van der Waals surface area contributed by atoms with E-state index in [4.69, 9.17) is 0 Å². The Hall–Kier alpha value is 0.110. The molecule has 0 aromatic heterocycles. The molecule has 1 heterocycles. The van der Waals surface area contributed by atoms with Crippen LogP contribution in [0.1, 0.15) is 39.5 Å². The number of hydrogen-bond donors (Lipinski definition) is 0. The minimum Gasteiger partial charge on any atom is -0.243 e. The summed E-state index contributed by atoms with van der Waals surface area (Å²) in [7, 11) is 1.32. The summed E-state index contributed by atoms with van der Waals surface area (Å²) in [6.07, 6.45) is 6.74. The molecule has 0 N–H and O–H groups in total. The SMILES string of the molecule is C.CN1CC2CCCCC2CCS1=O. The molecule has 3 atom stereocenters. The van der Waals surface area contributed by atoms with Gasteiger partial charge in [0, 0.05) is 12.3 Å². The standard InChI is InChI=1S/C10H19NOS.CH4/c1-11-8-10-5-3-2-4-9(10)6-7-13(11)12;/h9-10H,2-8H2,1H3;1H4. The fourth-order valence-corrected chi connectivity index (χ4v) is 3.90. The Balaban J connectivity index is 0.000000980. The van der Waals surface area contributed by atoms with Crippen LogP contribution < -0.4 is 0 Å². The minimum absolute atomic E-state index is 0. The van der Waals surface area contributed by atoms with Crippen molar-refractivity contribution >= 4 is 11.0 Å². The normalized spacial score (nSPS) is 39.4. The number of nitrogens with zero attached hydrogens (tertiary/aromatic N) is 1. The van der Waals surface area contributed by atoms with E-state index in [1.165, 1.54) is 32.1 Å². The van der Waals surface area contributed by atoms with Gasteiger partial charge in [-0.1, -0.05) is 26.7 Å². The van der Waals surface area contributed by atoms with Crippen LogP contribution in [0.15, 0.2) is 0 Å². The summed E-state index contributed by atoms with van der Waals surface area (Å²) in [5.74, 6) is 2.62. The van der Waals surface area contributed by atoms with Gasteiger partial charge in [0.05, 0.1) is 11.0 Å². The summed E-state index contributed by atoms with van der Waals surface area (Å²) in [4.78, 5) is 0. The molecule has 0 radical (unpaired) electrons. The van der Waals surface area contributed by atoms with E-state index in [0.29, 0.717) is 0 Å². The van der Waals surface area contributed by atoms with E-state index in [-0.39, 0.29) is 7.43 Å². The maximum absolute atomic E-state index is 11.6. The molecule has 1 aliphatic heterocycles. The molecule has 2 aliphatic rings. The Morgan fingerprint density at radius 1 is 1.14 bits per heavy atom. The number of hydrogen-bond acceptors (Lipinski definition) is 1. The second-order valence-electron chi connectivity index (χ2n) is 4.43. The van der Waals surface area contributed by atoms with Gasteiger partial charge in [-0.25, -0.2) is 8.51 Å². The first-order chi connectivity index (χ1) is 6.27. The third-order valence-corrected chi connectivity index (χ3v) is 5.00. The van der Waals surface area contributed by atoms with Crippen molar-refractivity contribution in [1.82, 2.24) is 4.31 Å². The predicted molar refractivity (Wildman–Crippen MR) is 62.4 cm³/mol. The lowest BCUT2D eigenvalue weighted by atomic mass is 9.78. The molecule has 84 valence electrons. The summed E-state index contributed by atoms with van der Waals surface area (Å²) in [5.41, 5.74) is 0. The van der Waals surface area contributed by atoms with E-state index in [1.807, 2.05) is 7.05 Å². The van der Waals surface area contributed by atoms with Crippen LogP contribution in [0, 0.1) is 11.8 Å². The smallest absolute Gasteiger partial charge is 0.0940 e. The fraction of sp³-hybridized carbons (Fsp3) is 1.00. The highest BCUT2D eigenvalue weighted by Gasteiger charge is 2.30. The summed E-state index contributed by atoms with van der Waals surface area (Å²) < 4.78 is 13.6. The van der Waals surface area contributed by atoms with E-state index < -0.39 is 11.0 Å². The number of rotatable bonds is 0. The van der Waals surface area contributed by atoms with Crippen LogP contribution in [0.25, 0.3) is 0 Å². The molecule has 1 saturated carbocycles. The molecule has 1 aliphatic carbocycles. The van der Waals surface area contributed by atoms with E-state index in [9.17, 15) is 4.21 Å². The van der Waals surface area contributed by atoms with Crippen molar-refractivity contribution < 1.29 is 4.21 Å². The Bertz CT molecular complexity index is 207. The lowest BCUT2D eigenvalue weighted by molar-refractivity contribution is 0.214. The van der Waals surface area contributed by atoms with Crippen LogP contribution in [0.4, 0.5) is 0 Å². The Kier molecular flexibility index (Phi) is 4.58. The molecular weight excluding hydrogens is 194 g/mol. The van der Waals surface area contributed by atoms with Gasteiger partial charge in [0.15, 0.2) is 0 Å². The van der Waals surface area contributed by atoms with Crippen molar-refractivity contribution in [3.05, 3.63) is 0 Å². The highest BCUT2D eigenvalue weighted by Crippen LogP contribution is 2.34. The molecule has 3 unspecified atom stereocenters. The second-order valence-corrected chi connectivity index (χ2v) is 6.10. The predicted octanol–water partition coefficient (Wildman–Crippen LogP) is 2.43. The lowest BCUT2D eigenvalue weighted by Crippen LogP contribution is -2.29. The van der Waals surface area contributed by atoms with E-state index in [2.05, 4.69) is 4.31 Å². The van der Waals surface area contributed by atoms with Crippen molar-refractivity contribution in [2.24, 2.45) is 11.8 Å². The van der Waals surface area contributed by atoms with Crippen LogP contribution in [0.2, 0.25) is 0 Å². The highest BCUT2D eigenvalue weighted by atomic mass is 32.2. The van der Waals surface area contributed by atoms with E-state index in [1.54, 1.807) is 0 Å². The monoisotopic (exact) mass is 217 g/mol. The molecule has 0 amide bonds. The first-order valence-electron chi connectivity index (χ1n) is 5.37. The quantitative estimate of drug-likeness (QED) is 0.610. The average molecular weight is 217 g/mol. The van der Waals surface area contributed by atoms with Gasteiger partial charge in [-0.05, 0) is 31.7 Å². The maximum Gasteiger partial charge on any atom is 0.0940 e. The van der Waals surface area contributed by atoms with Gasteiger partial charge >= 0.3 is 0 Å². The third-order valence-electron chi connectivity index (χ3n) is 3.57. The molecule has 2 fully saturated rings. The van der Waals surface area contributed by atoms with Crippen LogP contribution in [0.5, 0.6) is 0 Å². The molecule has 3 heteroatoms. The zero-order chi connectivity index (χ0) is 9.26. The molecule has 2 nitrogen and oxygen atoms in total. The molecule has 1 saturated heterocycles. The largest absolute Gasteiger partial charge is 0.243 e. The average Bonchev–Trinajstić information content (AvgIpc) is 2.28. The maximum atomic E-state index is 11.6.